The molecule has 0 radical (unpaired) electrons. The van der Waals surface area contributed by atoms with Gasteiger partial charge in [-0.05, 0) is 24.6 Å². The maximum absolute atomic E-state index is 12.4. The molecule has 1 aromatic carbocycles. The highest BCUT2D eigenvalue weighted by molar-refractivity contribution is 7.89. The van der Waals surface area contributed by atoms with Crippen LogP contribution in [-0.2, 0) is 10.0 Å². The molecule has 0 saturated carbocycles. The van der Waals surface area contributed by atoms with Gasteiger partial charge < -0.3 is 5.32 Å². The van der Waals surface area contributed by atoms with Gasteiger partial charge in [0, 0.05) is 36.2 Å². The third-order valence-electron chi connectivity index (χ3n) is 2.97. The molecule has 0 unspecified atom stereocenters. The van der Waals surface area contributed by atoms with E-state index in [1.807, 2.05) is 0 Å². The SMILES string of the molecule is Cc1c(Cl)cc(S(=O)(=O)N2CCNCC2)cc1Cl. The summed E-state index contributed by atoms with van der Waals surface area (Å²) in [7, 11) is -3.50. The van der Waals surface area contributed by atoms with Crippen LogP contribution >= 0.6 is 23.2 Å². The smallest absolute Gasteiger partial charge is 0.243 e. The van der Waals surface area contributed by atoms with Crippen LogP contribution in [0.25, 0.3) is 0 Å². The Bertz CT molecular complexity index is 531. The Morgan fingerprint density at radius 2 is 1.67 bits per heavy atom. The second kappa shape index (κ2) is 5.35. The Hall–Kier alpha value is -0.330. The zero-order chi connectivity index (χ0) is 13.3. The zero-order valence-electron chi connectivity index (χ0n) is 9.91. The van der Waals surface area contributed by atoms with Gasteiger partial charge in [-0.3, -0.25) is 0 Å². The van der Waals surface area contributed by atoms with Crippen molar-refractivity contribution < 1.29 is 8.42 Å². The molecule has 2 rings (SSSR count). The van der Waals surface area contributed by atoms with Crippen LogP contribution < -0.4 is 5.32 Å². The van der Waals surface area contributed by atoms with Crippen LogP contribution in [0.15, 0.2) is 17.0 Å². The van der Waals surface area contributed by atoms with Gasteiger partial charge in [0.1, 0.15) is 0 Å². The first-order valence-corrected chi connectivity index (χ1v) is 7.79. The van der Waals surface area contributed by atoms with Gasteiger partial charge in [0.05, 0.1) is 4.90 Å². The van der Waals surface area contributed by atoms with Gasteiger partial charge in [0.2, 0.25) is 10.0 Å². The molecular weight excluding hydrogens is 295 g/mol. The number of hydrogen-bond donors (Lipinski definition) is 1. The van der Waals surface area contributed by atoms with Crippen molar-refractivity contribution in [2.75, 3.05) is 26.2 Å². The van der Waals surface area contributed by atoms with Crippen LogP contribution in [0.4, 0.5) is 0 Å². The average molecular weight is 309 g/mol. The lowest BCUT2D eigenvalue weighted by Crippen LogP contribution is -2.46. The topological polar surface area (TPSA) is 49.4 Å². The normalized spacial score (nSPS) is 17.9. The number of nitrogens with one attached hydrogen (secondary N) is 1. The largest absolute Gasteiger partial charge is 0.314 e. The van der Waals surface area contributed by atoms with E-state index in [0.717, 1.165) is 0 Å². The van der Waals surface area contributed by atoms with E-state index in [1.165, 1.54) is 16.4 Å². The van der Waals surface area contributed by atoms with E-state index >= 15 is 0 Å². The number of halogens is 2. The predicted molar refractivity (Wildman–Crippen MR) is 72.8 cm³/mol. The van der Waals surface area contributed by atoms with E-state index in [2.05, 4.69) is 5.32 Å². The quantitative estimate of drug-likeness (QED) is 0.908. The fourth-order valence-electron chi connectivity index (χ4n) is 1.80. The van der Waals surface area contributed by atoms with E-state index < -0.39 is 10.0 Å². The first kappa shape index (κ1) is 14.1. The van der Waals surface area contributed by atoms with Crippen molar-refractivity contribution >= 4 is 33.2 Å². The number of benzene rings is 1. The molecule has 1 heterocycles. The van der Waals surface area contributed by atoms with Crippen molar-refractivity contribution in [3.63, 3.8) is 0 Å². The lowest BCUT2D eigenvalue weighted by atomic mass is 10.2. The van der Waals surface area contributed by atoms with Gasteiger partial charge in [0.25, 0.3) is 0 Å². The number of nitrogens with zero attached hydrogens (tertiary/aromatic N) is 1. The molecule has 0 amide bonds. The van der Waals surface area contributed by atoms with Gasteiger partial charge in [0.15, 0.2) is 0 Å². The van der Waals surface area contributed by atoms with E-state index in [1.54, 1.807) is 6.92 Å². The van der Waals surface area contributed by atoms with Crippen LogP contribution in [0.1, 0.15) is 5.56 Å². The van der Waals surface area contributed by atoms with Crippen LogP contribution in [0, 0.1) is 6.92 Å². The Morgan fingerprint density at radius 3 is 2.17 bits per heavy atom. The second-order valence-corrected chi connectivity index (χ2v) is 6.92. The number of sulfonamides is 1. The number of hydrogen-bond acceptors (Lipinski definition) is 3. The van der Waals surface area contributed by atoms with Crippen molar-refractivity contribution in [1.82, 2.24) is 9.62 Å². The highest BCUT2D eigenvalue weighted by Crippen LogP contribution is 2.29. The van der Waals surface area contributed by atoms with E-state index in [4.69, 9.17) is 23.2 Å². The standard InChI is InChI=1S/C11H14Cl2N2O2S/c1-8-10(12)6-9(7-11(8)13)18(16,17)15-4-2-14-3-5-15/h6-7,14H,2-5H2,1H3. The van der Waals surface area contributed by atoms with Crippen LogP contribution in [0.5, 0.6) is 0 Å². The summed E-state index contributed by atoms with van der Waals surface area (Å²) in [4.78, 5) is 0.157. The fraction of sp³-hybridized carbons (Fsp3) is 0.455. The Labute approximate surface area is 117 Å². The van der Waals surface area contributed by atoms with Crippen LogP contribution in [0.2, 0.25) is 10.0 Å². The van der Waals surface area contributed by atoms with Gasteiger partial charge in [-0.1, -0.05) is 23.2 Å². The maximum Gasteiger partial charge on any atom is 0.243 e. The summed E-state index contributed by atoms with van der Waals surface area (Å²) in [6.07, 6.45) is 0. The van der Waals surface area contributed by atoms with Gasteiger partial charge >= 0.3 is 0 Å². The van der Waals surface area contributed by atoms with Crippen molar-refractivity contribution in [2.45, 2.75) is 11.8 Å². The minimum Gasteiger partial charge on any atom is -0.314 e. The summed E-state index contributed by atoms with van der Waals surface area (Å²) < 4.78 is 26.2. The highest BCUT2D eigenvalue weighted by atomic mass is 35.5. The highest BCUT2D eigenvalue weighted by Gasteiger charge is 2.26. The molecule has 0 bridgehead atoms. The molecule has 0 atom stereocenters. The molecule has 100 valence electrons. The Morgan fingerprint density at radius 1 is 1.17 bits per heavy atom. The molecule has 1 aliphatic rings. The van der Waals surface area contributed by atoms with Crippen LogP contribution in [-0.4, -0.2) is 38.9 Å². The lowest BCUT2D eigenvalue weighted by Gasteiger charge is -2.26. The molecule has 1 aliphatic heterocycles. The first-order valence-electron chi connectivity index (χ1n) is 5.59. The summed E-state index contributed by atoms with van der Waals surface area (Å²) in [5.41, 5.74) is 0.692. The summed E-state index contributed by atoms with van der Waals surface area (Å²) in [5, 5.41) is 3.85. The molecule has 1 fully saturated rings. The number of piperazine rings is 1. The Balaban J connectivity index is 2.41. The average Bonchev–Trinajstić information content (AvgIpc) is 2.36. The summed E-state index contributed by atoms with van der Waals surface area (Å²) in [5.74, 6) is 0. The molecule has 18 heavy (non-hydrogen) atoms. The fourth-order valence-corrected chi connectivity index (χ4v) is 3.92. The lowest BCUT2D eigenvalue weighted by molar-refractivity contribution is 0.360. The molecule has 0 spiro atoms. The van der Waals surface area contributed by atoms with Crippen molar-refractivity contribution in [3.8, 4) is 0 Å². The minimum absolute atomic E-state index is 0.157. The molecule has 7 heteroatoms. The van der Waals surface area contributed by atoms with Crippen LogP contribution in [0.3, 0.4) is 0 Å². The molecule has 1 aromatic rings. The molecule has 0 aliphatic carbocycles. The van der Waals surface area contributed by atoms with Gasteiger partial charge in [-0.15, -0.1) is 0 Å². The molecule has 4 nitrogen and oxygen atoms in total. The third kappa shape index (κ3) is 2.65. The molecule has 0 aromatic heterocycles. The van der Waals surface area contributed by atoms with Crippen molar-refractivity contribution in [1.29, 1.82) is 0 Å². The van der Waals surface area contributed by atoms with Crippen molar-refractivity contribution in [3.05, 3.63) is 27.7 Å². The van der Waals surface area contributed by atoms with E-state index in [-0.39, 0.29) is 4.90 Å². The third-order valence-corrected chi connectivity index (χ3v) is 5.63. The number of rotatable bonds is 2. The first-order chi connectivity index (χ1) is 8.43. The Kier molecular flexibility index (Phi) is 4.18. The molecular formula is C11H14Cl2N2O2S. The molecule has 1 N–H and O–H groups in total. The van der Waals surface area contributed by atoms with Gasteiger partial charge in [-0.2, -0.15) is 4.31 Å². The van der Waals surface area contributed by atoms with Crippen molar-refractivity contribution in [2.24, 2.45) is 0 Å². The minimum atomic E-state index is -3.50. The molecule has 1 saturated heterocycles. The summed E-state index contributed by atoms with van der Waals surface area (Å²) in [6.45, 7) is 4.00. The van der Waals surface area contributed by atoms with Gasteiger partial charge in [-0.25, -0.2) is 8.42 Å². The summed E-state index contributed by atoms with van der Waals surface area (Å²) >= 11 is 12.0. The monoisotopic (exact) mass is 308 g/mol. The predicted octanol–water partition coefficient (Wildman–Crippen LogP) is 1.90. The van der Waals surface area contributed by atoms with E-state index in [0.29, 0.717) is 41.8 Å². The summed E-state index contributed by atoms with van der Waals surface area (Å²) in [6, 6.07) is 2.92. The maximum atomic E-state index is 12.4. The second-order valence-electron chi connectivity index (χ2n) is 4.17. The van der Waals surface area contributed by atoms with E-state index in [9.17, 15) is 8.42 Å². The zero-order valence-corrected chi connectivity index (χ0v) is 12.2.